The van der Waals surface area contributed by atoms with Gasteiger partial charge in [-0.25, -0.2) is 9.37 Å². The number of halogens is 1. The first-order chi connectivity index (χ1) is 16.7. The number of anilines is 1. The number of hydrogen-bond donors (Lipinski definition) is 2. The molecule has 1 aliphatic rings. The maximum Gasteiger partial charge on any atom is 0.291 e. The third kappa shape index (κ3) is 4.51. The lowest BCUT2D eigenvalue weighted by molar-refractivity contribution is -0.114. The third-order valence-electron chi connectivity index (χ3n) is 5.96. The van der Waals surface area contributed by atoms with Crippen LogP contribution >= 0.6 is 0 Å². The number of piperidine rings is 1. The first-order valence-corrected chi connectivity index (χ1v) is 10.8. The highest BCUT2D eigenvalue weighted by molar-refractivity contribution is 6.41. The molecule has 0 bridgehead atoms. The molecular weight excluding hydrogens is 453 g/mol. The second-order valence-corrected chi connectivity index (χ2v) is 8.26. The Hall–Kier alpha value is -4.43. The van der Waals surface area contributed by atoms with E-state index < -0.39 is 23.1 Å². The number of benzene rings is 1. The van der Waals surface area contributed by atoms with Crippen molar-refractivity contribution in [2.75, 3.05) is 18.0 Å². The van der Waals surface area contributed by atoms with Crippen LogP contribution in [0, 0.1) is 17.1 Å². The largest absolute Gasteiger partial charge is 0.363 e. The van der Waals surface area contributed by atoms with E-state index >= 15 is 0 Å². The van der Waals surface area contributed by atoms with E-state index in [1.54, 1.807) is 13.1 Å². The van der Waals surface area contributed by atoms with Crippen LogP contribution in [-0.4, -0.2) is 45.4 Å². The number of nitriles is 1. The van der Waals surface area contributed by atoms with E-state index in [0.717, 1.165) is 18.9 Å². The number of ketones is 1. The second-order valence-electron chi connectivity index (χ2n) is 8.26. The molecule has 1 fully saturated rings. The highest BCUT2D eigenvalue weighted by Gasteiger charge is 2.25. The summed E-state index contributed by atoms with van der Waals surface area (Å²) in [6, 6.07) is 8.56. The van der Waals surface area contributed by atoms with Crippen LogP contribution in [0.2, 0.25) is 0 Å². The fraction of sp³-hybridized carbons (Fsp3) is 0.250. The molecule has 35 heavy (non-hydrogen) atoms. The van der Waals surface area contributed by atoms with Crippen molar-refractivity contribution >= 4 is 17.6 Å². The topological polar surface area (TPSA) is 161 Å². The summed E-state index contributed by atoms with van der Waals surface area (Å²) in [6.45, 7) is 1.21. The number of rotatable bonds is 5. The van der Waals surface area contributed by atoms with Gasteiger partial charge in [-0.3, -0.25) is 23.9 Å². The van der Waals surface area contributed by atoms with Gasteiger partial charge in [0.15, 0.2) is 0 Å². The van der Waals surface area contributed by atoms with Gasteiger partial charge < -0.3 is 16.4 Å². The van der Waals surface area contributed by atoms with Crippen LogP contribution in [0.25, 0.3) is 22.4 Å². The average molecular weight is 475 g/mol. The number of Topliss-reactive ketones (excluding diaryl/α,β-unsaturated/α-hetero) is 1. The number of amides is 1. The molecule has 1 amide bonds. The number of carbonyl (C=O) groups is 2. The molecule has 0 spiro atoms. The zero-order valence-electron chi connectivity index (χ0n) is 18.9. The number of carbonyl (C=O) groups excluding carboxylic acids is 2. The van der Waals surface area contributed by atoms with Gasteiger partial charge in [-0.2, -0.15) is 5.26 Å². The quantitative estimate of drug-likeness (QED) is 0.410. The maximum absolute atomic E-state index is 14.5. The Labute approximate surface area is 199 Å². The minimum absolute atomic E-state index is 0.0716. The fourth-order valence-corrected chi connectivity index (χ4v) is 4.00. The molecule has 1 saturated heterocycles. The molecule has 178 valence electrons. The molecular formula is C24H22FN7O3. The van der Waals surface area contributed by atoms with Crippen LogP contribution in [0.1, 0.15) is 28.9 Å². The van der Waals surface area contributed by atoms with Crippen molar-refractivity contribution < 1.29 is 14.0 Å². The first-order valence-electron chi connectivity index (χ1n) is 10.8. The molecule has 0 saturated carbocycles. The highest BCUT2D eigenvalue weighted by atomic mass is 19.1. The number of aromatic nitrogens is 3. The Balaban J connectivity index is 1.91. The van der Waals surface area contributed by atoms with Crippen LogP contribution in [0.3, 0.4) is 0 Å². The fourth-order valence-electron chi connectivity index (χ4n) is 4.00. The predicted octanol–water partition coefficient (Wildman–Crippen LogP) is 1.12. The molecule has 0 unspecified atom stereocenters. The molecule has 1 aromatic carbocycles. The van der Waals surface area contributed by atoms with E-state index in [0.29, 0.717) is 30.2 Å². The SMILES string of the molecule is Cn1c(N2CCC(N)CC2)nc(-c2ccc(C#N)c(F)c2)c(-c2ccc(C(=O)C(N)=O)nc2)c1=O. The molecule has 0 radical (unpaired) electrons. The smallest absolute Gasteiger partial charge is 0.291 e. The van der Waals surface area contributed by atoms with Crippen molar-refractivity contribution in [2.45, 2.75) is 18.9 Å². The molecule has 11 heteroatoms. The molecule has 4 N–H and O–H groups in total. The second kappa shape index (κ2) is 9.44. The van der Waals surface area contributed by atoms with Gasteiger partial charge >= 0.3 is 0 Å². The molecule has 0 aliphatic carbocycles. The van der Waals surface area contributed by atoms with Crippen LogP contribution in [0.5, 0.6) is 0 Å². The van der Waals surface area contributed by atoms with E-state index in [4.69, 9.17) is 21.7 Å². The van der Waals surface area contributed by atoms with Crippen LogP contribution in [-0.2, 0) is 11.8 Å². The Morgan fingerprint density at radius 1 is 1.17 bits per heavy atom. The summed E-state index contributed by atoms with van der Waals surface area (Å²) >= 11 is 0. The van der Waals surface area contributed by atoms with E-state index in [1.807, 2.05) is 4.90 Å². The first kappa shape index (κ1) is 23.7. The number of nitrogens with zero attached hydrogens (tertiary/aromatic N) is 5. The summed E-state index contributed by atoms with van der Waals surface area (Å²) in [5, 5.41) is 9.09. The van der Waals surface area contributed by atoms with Gasteiger partial charge in [-0.05, 0) is 31.0 Å². The zero-order chi connectivity index (χ0) is 25.3. The van der Waals surface area contributed by atoms with Crippen molar-refractivity contribution in [1.82, 2.24) is 14.5 Å². The van der Waals surface area contributed by atoms with E-state index in [9.17, 15) is 18.8 Å². The monoisotopic (exact) mass is 475 g/mol. The lowest BCUT2D eigenvalue weighted by Gasteiger charge is -2.32. The minimum atomic E-state index is -1.15. The predicted molar refractivity (Wildman–Crippen MR) is 126 cm³/mol. The molecule has 3 heterocycles. The van der Waals surface area contributed by atoms with Crippen molar-refractivity contribution in [3.05, 3.63) is 64.0 Å². The maximum atomic E-state index is 14.5. The normalized spacial score (nSPS) is 13.9. The minimum Gasteiger partial charge on any atom is -0.363 e. The van der Waals surface area contributed by atoms with Gasteiger partial charge in [-0.15, -0.1) is 0 Å². The molecule has 3 aromatic rings. The summed E-state index contributed by atoms with van der Waals surface area (Å²) in [7, 11) is 1.59. The zero-order valence-corrected chi connectivity index (χ0v) is 18.9. The van der Waals surface area contributed by atoms with E-state index in [-0.39, 0.29) is 28.6 Å². The summed E-state index contributed by atoms with van der Waals surface area (Å²) in [6.07, 6.45) is 2.73. The van der Waals surface area contributed by atoms with Crippen molar-refractivity contribution in [2.24, 2.45) is 18.5 Å². The Morgan fingerprint density at radius 3 is 2.43 bits per heavy atom. The standard InChI is InChI=1S/C24H22FN7O3/c1-31-23(35)19(15-4-5-18(29-12-15)21(33)22(28)34)20(13-2-3-14(11-26)17(25)10-13)30-24(31)32-8-6-16(27)7-9-32/h2-5,10,12,16H,6-9,27H2,1H3,(H2,28,34). The number of hydrogen-bond acceptors (Lipinski definition) is 8. The van der Waals surface area contributed by atoms with Crippen LogP contribution < -0.4 is 21.9 Å². The number of pyridine rings is 1. The summed E-state index contributed by atoms with van der Waals surface area (Å²) in [5.74, 6) is -2.46. The Kier molecular flexibility index (Phi) is 6.40. The lowest BCUT2D eigenvalue weighted by atomic mass is 10.00. The van der Waals surface area contributed by atoms with Gasteiger partial charge in [-0.1, -0.05) is 12.1 Å². The van der Waals surface area contributed by atoms with Crippen molar-refractivity contribution in [3.63, 3.8) is 0 Å². The van der Waals surface area contributed by atoms with Crippen LogP contribution in [0.15, 0.2) is 41.3 Å². The van der Waals surface area contributed by atoms with Gasteiger partial charge in [0.05, 0.1) is 16.8 Å². The Morgan fingerprint density at radius 2 is 1.86 bits per heavy atom. The van der Waals surface area contributed by atoms with Gasteiger partial charge in [0, 0.05) is 43.5 Å². The molecule has 0 atom stereocenters. The van der Waals surface area contributed by atoms with Crippen molar-refractivity contribution in [3.8, 4) is 28.5 Å². The van der Waals surface area contributed by atoms with Gasteiger partial charge in [0.25, 0.3) is 17.2 Å². The van der Waals surface area contributed by atoms with Crippen LogP contribution in [0.4, 0.5) is 10.3 Å². The number of primary amides is 1. The Bertz CT molecular complexity index is 1420. The summed E-state index contributed by atoms with van der Waals surface area (Å²) in [5.41, 5.74) is 11.2. The number of nitrogens with two attached hydrogens (primary N) is 2. The molecule has 10 nitrogen and oxygen atoms in total. The molecule has 4 rings (SSSR count). The highest BCUT2D eigenvalue weighted by Crippen LogP contribution is 2.31. The molecule has 2 aromatic heterocycles. The molecule has 1 aliphatic heterocycles. The van der Waals surface area contributed by atoms with Crippen molar-refractivity contribution in [1.29, 1.82) is 5.26 Å². The summed E-state index contributed by atoms with van der Waals surface area (Å²) in [4.78, 5) is 47.3. The van der Waals surface area contributed by atoms with Gasteiger partial charge in [0.2, 0.25) is 5.95 Å². The average Bonchev–Trinajstić information content (AvgIpc) is 2.85. The van der Waals surface area contributed by atoms with E-state index in [2.05, 4.69) is 4.98 Å². The third-order valence-corrected chi connectivity index (χ3v) is 5.96. The van der Waals surface area contributed by atoms with Gasteiger partial charge in [0.1, 0.15) is 17.6 Å². The lowest BCUT2D eigenvalue weighted by Crippen LogP contribution is -2.42. The van der Waals surface area contributed by atoms with E-state index in [1.165, 1.54) is 35.0 Å². The summed E-state index contributed by atoms with van der Waals surface area (Å²) < 4.78 is 15.9.